The minimum Gasteiger partial charge on any atom is -0.502 e. The van der Waals surface area contributed by atoms with Crippen molar-refractivity contribution in [3.05, 3.63) is 27.7 Å². The maximum atomic E-state index is 12.6. The number of fused-ring (bicyclic) bond motifs is 1. The third-order valence-corrected chi connectivity index (χ3v) is 4.33. The summed E-state index contributed by atoms with van der Waals surface area (Å²) < 4.78 is 6.54. The summed E-state index contributed by atoms with van der Waals surface area (Å²) in [5.74, 6) is -0.867. The zero-order valence-electron chi connectivity index (χ0n) is 13.2. The minimum absolute atomic E-state index is 0.00838. The van der Waals surface area contributed by atoms with Gasteiger partial charge in [-0.25, -0.2) is 0 Å². The second-order valence-corrected chi connectivity index (χ2v) is 5.89. The highest BCUT2D eigenvalue weighted by Gasteiger charge is 2.30. The Labute approximate surface area is 134 Å². The van der Waals surface area contributed by atoms with Crippen LogP contribution in [0.2, 0.25) is 0 Å². The van der Waals surface area contributed by atoms with Crippen LogP contribution in [-0.2, 0) is 11.3 Å². The first-order valence-electron chi connectivity index (χ1n) is 7.84. The van der Waals surface area contributed by atoms with Crippen LogP contribution >= 0.6 is 0 Å². The van der Waals surface area contributed by atoms with Crippen LogP contribution in [0, 0.1) is 0 Å². The molecule has 0 aliphatic carbocycles. The summed E-state index contributed by atoms with van der Waals surface area (Å²) in [6.07, 6.45) is 2.29. The van der Waals surface area contributed by atoms with Gasteiger partial charge >= 0.3 is 0 Å². The van der Waals surface area contributed by atoms with E-state index in [1.165, 1.54) is 11.0 Å². The predicted octanol–water partition coefficient (Wildman–Crippen LogP) is -0.247. The van der Waals surface area contributed by atoms with Gasteiger partial charge in [-0.1, -0.05) is 0 Å². The van der Waals surface area contributed by atoms with Gasteiger partial charge in [0.25, 0.3) is 5.91 Å². The Morgan fingerprint density at radius 3 is 2.74 bits per heavy atom. The van der Waals surface area contributed by atoms with Gasteiger partial charge in [-0.05, 0) is 25.9 Å². The molecule has 23 heavy (non-hydrogen) atoms. The lowest BCUT2D eigenvalue weighted by Gasteiger charge is -2.33. The van der Waals surface area contributed by atoms with E-state index in [0.29, 0.717) is 32.1 Å². The summed E-state index contributed by atoms with van der Waals surface area (Å²) in [5, 5.41) is 10.1. The van der Waals surface area contributed by atoms with Crippen molar-refractivity contribution in [2.75, 3.05) is 45.4 Å². The summed E-state index contributed by atoms with van der Waals surface area (Å²) in [6.45, 7) is 3.65. The van der Waals surface area contributed by atoms with Gasteiger partial charge in [0.15, 0.2) is 11.4 Å². The van der Waals surface area contributed by atoms with Crippen molar-refractivity contribution >= 4 is 5.91 Å². The van der Waals surface area contributed by atoms with E-state index >= 15 is 0 Å². The second-order valence-electron chi connectivity index (χ2n) is 5.89. The zero-order chi connectivity index (χ0) is 16.4. The number of methoxy groups -OCH3 is 1. The quantitative estimate of drug-likeness (QED) is 0.778. The number of amides is 1. The number of carbonyl (C=O) groups is 1. The van der Waals surface area contributed by atoms with Crippen molar-refractivity contribution in [1.82, 2.24) is 14.5 Å². The van der Waals surface area contributed by atoms with Crippen LogP contribution in [0.1, 0.15) is 29.0 Å². The molecule has 2 N–H and O–H groups in total. The van der Waals surface area contributed by atoms with Gasteiger partial charge in [-0.3, -0.25) is 19.2 Å². The molecule has 1 fully saturated rings. The highest BCUT2D eigenvalue weighted by molar-refractivity contribution is 5.96. The zero-order valence-corrected chi connectivity index (χ0v) is 13.2. The van der Waals surface area contributed by atoms with Crippen LogP contribution in [0.4, 0.5) is 0 Å². The van der Waals surface area contributed by atoms with E-state index in [0.717, 1.165) is 25.9 Å². The molecule has 0 spiro atoms. The van der Waals surface area contributed by atoms with Crippen LogP contribution in [0.15, 0.2) is 10.9 Å². The Bertz CT molecular complexity index is 652. The highest BCUT2D eigenvalue weighted by Crippen LogP contribution is 2.21. The lowest BCUT2D eigenvalue weighted by atomic mass is 10.2. The smallest absolute Gasteiger partial charge is 0.277 e. The summed E-state index contributed by atoms with van der Waals surface area (Å²) >= 11 is 0. The normalized spacial score (nSPS) is 18.1. The summed E-state index contributed by atoms with van der Waals surface area (Å²) in [5.41, 5.74) is 3.29. The molecule has 2 aliphatic rings. The Morgan fingerprint density at radius 1 is 1.30 bits per heavy atom. The molecule has 0 saturated carbocycles. The van der Waals surface area contributed by atoms with Crippen LogP contribution in [0.5, 0.6) is 5.75 Å². The number of nitrogens with one attached hydrogen (secondary N) is 1. The van der Waals surface area contributed by atoms with Crippen molar-refractivity contribution in [1.29, 1.82) is 0 Å². The number of nitrogens with zero attached hydrogens (tertiary/aromatic N) is 3. The summed E-state index contributed by atoms with van der Waals surface area (Å²) in [7, 11) is 1.56. The van der Waals surface area contributed by atoms with E-state index in [9.17, 15) is 14.7 Å². The number of carbonyl (C=O) groups excluding carboxylic acids is 1. The maximum absolute atomic E-state index is 12.6. The average molecular weight is 322 g/mol. The molecule has 1 aromatic rings. The molecular weight excluding hydrogens is 300 g/mol. The molecule has 3 heterocycles. The van der Waals surface area contributed by atoms with Gasteiger partial charge in [0.05, 0.1) is 12.3 Å². The molecule has 3 rings (SSSR count). The van der Waals surface area contributed by atoms with E-state index in [2.05, 4.69) is 10.3 Å². The number of aromatic nitrogens is 1. The molecule has 0 radical (unpaired) electrons. The van der Waals surface area contributed by atoms with Crippen molar-refractivity contribution in [2.24, 2.45) is 0 Å². The van der Waals surface area contributed by atoms with E-state index in [4.69, 9.17) is 4.74 Å². The number of likely N-dealkylation sites (tertiary alicyclic amines) is 1. The summed E-state index contributed by atoms with van der Waals surface area (Å²) in [6, 6.07) is 1.41. The Hall–Kier alpha value is -2.06. The van der Waals surface area contributed by atoms with E-state index in [-0.39, 0.29) is 11.6 Å². The number of aromatic hydroxyl groups is 1. The van der Waals surface area contributed by atoms with Crippen molar-refractivity contribution in [3.63, 3.8) is 0 Å². The standard InChI is InChI=1S/C15H22N4O4/c1-23-7-6-18-10-16-19-11(9-17-4-2-3-5-17)8-12(20)14(21)13(19)15(18)22/h8,16,21H,2-7,9-10H2,1H3. The van der Waals surface area contributed by atoms with Crippen molar-refractivity contribution < 1.29 is 14.6 Å². The molecule has 8 nitrogen and oxygen atoms in total. The first-order chi connectivity index (χ1) is 11.1. The fraction of sp³-hybridized carbons (Fsp3) is 0.600. The monoisotopic (exact) mass is 322 g/mol. The molecule has 126 valence electrons. The number of hydrogen-bond donors (Lipinski definition) is 2. The first-order valence-corrected chi connectivity index (χ1v) is 7.84. The fourth-order valence-electron chi connectivity index (χ4n) is 3.07. The minimum atomic E-state index is -0.519. The lowest BCUT2D eigenvalue weighted by molar-refractivity contribution is 0.0659. The SMILES string of the molecule is COCCN1CNn2c(CN3CCCC3)cc(=O)c(O)c2C1=O. The number of rotatable bonds is 5. The number of hydrogen-bond acceptors (Lipinski definition) is 6. The third-order valence-electron chi connectivity index (χ3n) is 4.33. The van der Waals surface area contributed by atoms with E-state index < -0.39 is 11.2 Å². The van der Waals surface area contributed by atoms with Gasteiger partial charge in [-0.15, -0.1) is 0 Å². The van der Waals surface area contributed by atoms with Crippen molar-refractivity contribution in [2.45, 2.75) is 19.4 Å². The topological polar surface area (TPSA) is 87.0 Å². The number of ether oxygens (including phenoxy) is 1. The molecule has 1 amide bonds. The van der Waals surface area contributed by atoms with Gasteiger partial charge in [-0.2, -0.15) is 0 Å². The van der Waals surface area contributed by atoms with E-state index in [1.54, 1.807) is 11.8 Å². The van der Waals surface area contributed by atoms with Gasteiger partial charge in [0.1, 0.15) is 6.67 Å². The molecule has 1 saturated heterocycles. The molecular formula is C15H22N4O4. The Kier molecular flexibility index (Phi) is 4.53. The third kappa shape index (κ3) is 3.04. The Balaban J connectivity index is 1.93. The van der Waals surface area contributed by atoms with Crippen LogP contribution in [-0.4, -0.2) is 65.5 Å². The highest BCUT2D eigenvalue weighted by atomic mass is 16.5. The van der Waals surface area contributed by atoms with Crippen LogP contribution in [0.3, 0.4) is 0 Å². The summed E-state index contributed by atoms with van der Waals surface area (Å²) in [4.78, 5) is 28.4. The average Bonchev–Trinajstić information content (AvgIpc) is 3.04. The first kappa shape index (κ1) is 15.8. The number of pyridine rings is 1. The molecule has 0 atom stereocenters. The Morgan fingerprint density at radius 2 is 2.04 bits per heavy atom. The van der Waals surface area contributed by atoms with Gasteiger partial charge < -0.3 is 20.2 Å². The fourth-order valence-corrected chi connectivity index (χ4v) is 3.07. The molecule has 0 bridgehead atoms. The molecule has 1 aromatic heterocycles. The molecule has 0 aromatic carbocycles. The lowest BCUT2D eigenvalue weighted by Crippen LogP contribution is -2.48. The largest absolute Gasteiger partial charge is 0.502 e. The van der Waals surface area contributed by atoms with Gasteiger partial charge in [0, 0.05) is 26.3 Å². The van der Waals surface area contributed by atoms with Crippen LogP contribution in [0.25, 0.3) is 0 Å². The molecule has 0 unspecified atom stereocenters. The molecule has 8 heteroatoms. The maximum Gasteiger partial charge on any atom is 0.277 e. The van der Waals surface area contributed by atoms with Crippen molar-refractivity contribution in [3.8, 4) is 5.75 Å². The predicted molar refractivity (Wildman–Crippen MR) is 84.0 cm³/mol. The second kappa shape index (κ2) is 6.59. The van der Waals surface area contributed by atoms with E-state index in [1.807, 2.05) is 0 Å². The van der Waals surface area contributed by atoms with Crippen LogP contribution < -0.4 is 10.9 Å². The van der Waals surface area contributed by atoms with Gasteiger partial charge in [0.2, 0.25) is 5.43 Å². The molecule has 2 aliphatic heterocycles.